The summed E-state index contributed by atoms with van der Waals surface area (Å²) >= 11 is 2.08. The van der Waals surface area contributed by atoms with Gasteiger partial charge in [-0.3, -0.25) is 4.79 Å². The van der Waals surface area contributed by atoms with E-state index in [0.29, 0.717) is 18.0 Å². The average molecular weight is 282 g/mol. The van der Waals surface area contributed by atoms with Gasteiger partial charge in [-0.25, -0.2) is 0 Å². The summed E-state index contributed by atoms with van der Waals surface area (Å²) in [6.45, 7) is 3.23. The van der Waals surface area contributed by atoms with Crippen molar-refractivity contribution in [2.45, 2.75) is 75.2 Å². The van der Waals surface area contributed by atoms with Crippen LogP contribution in [0.25, 0.3) is 0 Å². The van der Waals surface area contributed by atoms with E-state index in [1.54, 1.807) is 0 Å². The number of hydrogen-bond acceptors (Lipinski definition) is 3. The topological polar surface area (TPSA) is 32.3 Å². The fraction of sp³-hybridized carbons (Fsp3) is 0.933. The van der Waals surface area contributed by atoms with Crippen molar-refractivity contribution in [3.05, 3.63) is 0 Å². The second-order valence-electron chi connectivity index (χ2n) is 6.16. The van der Waals surface area contributed by atoms with Crippen LogP contribution in [0.1, 0.15) is 51.9 Å². The molecule has 2 saturated carbocycles. The molecule has 2 aliphatic carbocycles. The van der Waals surface area contributed by atoms with Crippen LogP contribution in [-0.4, -0.2) is 46.5 Å². The molecule has 3 rings (SSSR count). The summed E-state index contributed by atoms with van der Waals surface area (Å²) in [6.07, 6.45) is 8.75. The Bertz CT molecular complexity index is 330. The predicted octanol–water partition coefficient (Wildman–Crippen LogP) is 2.40. The van der Waals surface area contributed by atoms with Gasteiger partial charge in [0.05, 0.1) is 6.04 Å². The minimum Gasteiger partial charge on any atom is -0.338 e. The molecular weight excluding hydrogens is 256 g/mol. The summed E-state index contributed by atoms with van der Waals surface area (Å²) in [6, 6.07) is 1.27. The first kappa shape index (κ1) is 13.7. The highest BCUT2D eigenvalue weighted by atomic mass is 32.2. The number of carbonyl (C=O) groups excluding carboxylic acids is 1. The van der Waals surface area contributed by atoms with Gasteiger partial charge in [0, 0.05) is 23.9 Å². The monoisotopic (exact) mass is 282 g/mol. The third-order valence-corrected chi connectivity index (χ3v) is 6.05. The van der Waals surface area contributed by atoms with Gasteiger partial charge in [0.1, 0.15) is 0 Å². The number of rotatable bonds is 5. The number of likely N-dealkylation sites (tertiary alicyclic amines) is 1. The number of carbonyl (C=O) groups is 1. The smallest absolute Gasteiger partial charge is 0.240 e. The van der Waals surface area contributed by atoms with Crippen molar-refractivity contribution < 1.29 is 4.79 Å². The van der Waals surface area contributed by atoms with E-state index in [1.807, 2.05) is 0 Å². The van der Waals surface area contributed by atoms with Crippen molar-refractivity contribution >= 4 is 17.7 Å². The van der Waals surface area contributed by atoms with Crippen LogP contribution in [0.3, 0.4) is 0 Å². The molecule has 1 N–H and O–H groups in total. The molecule has 0 aromatic carbocycles. The van der Waals surface area contributed by atoms with E-state index in [1.165, 1.54) is 44.3 Å². The number of nitrogens with zero attached hydrogens (tertiary/aromatic N) is 1. The zero-order valence-electron chi connectivity index (χ0n) is 11.9. The summed E-state index contributed by atoms with van der Waals surface area (Å²) in [5.74, 6) is 1.57. The molecule has 0 spiro atoms. The second-order valence-corrected chi connectivity index (χ2v) is 7.67. The fourth-order valence-corrected chi connectivity index (χ4v) is 4.77. The maximum absolute atomic E-state index is 12.4. The highest BCUT2D eigenvalue weighted by Gasteiger charge is 2.41. The molecule has 0 unspecified atom stereocenters. The molecule has 0 aromatic rings. The van der Waals surface area contributed by atoms with Crippen molar-refractivity contribution in [1.29, 1.82) is 0 Å². The summed E-state index contributed by atoms with van der Waals surface area (Å²) < 4.78 is 0. The molecule has 3 fully saturated rings. The van der Waals surface area contributed by atoms with Gasteiger partial charge in [-0.15, -0.1) is 0 Å². The first-order valence-corrected chi connectivity index (χ1v) is 9.02. The van der Waals surface area contributed by atoms with Crippen molar-refractivity contribution in [2.24, 2.45) is 0 Å². The highest BCUT2D eigenvalue weighted by Crippen LogP contribution is 2.33. The van der Waals surface area contributed by atoms with E-state index in [9.17, 15) is 4.79 Å². The van der Waals surface area contributed by atoms with Gasteiger partial charge in [-0.1, -0.05) is 19.8 Å². The van der Waals surface area contributed by atoms with Crippen LogP contribution in [0, 0.1) is 0 Å². The van der Waals surface area contributed by atoms with Crippen LogP contribution >= 0.6 is 11.8 Å². The first-order valence-electron chi connectivity index (χ1n) is 7.97. The Labute approximate surface area is 120 Å². The lowest BCUT2D eigenvalue weighted by atomic mass is 9.94. The molecule has 108 valence electrons. The average Bonchev–Trinajstić information content (AvgIpc) is 3.19. The molecule has 1 heterocycles. The summed E-state index contributed by atoms with van der Waals surface area (Å²) in [7, 11) is 0. The lowest BCUT2D eigenvalue weighted by Crippen LogP contribution is -2.49. The molecule has 4 heteroatoms. The Kier molecular flexibility index (Phi) is 4.37. The Morgan fingerprint density at radius 2 is 2.00 bits per heavy atom. The number of nitrogens with one attached hydrogen (secondary N) is 1. The number of hydrogen-bond donors (Lipinski definition) is 1. The number of amides is 1. The maximum Gasteiger partial charge on any atom is 0.240 e. The van der Waals surface area contributed by atoms with E-state index in [0.717, 1.165) is 18.2 Å². The van der Waals surface area contributed by atoms with Gasteiger partial charge in [0.2, 0.25) is 5.91 Å². The Morgan fingerprint density at radius 3 is 2.74 bits per heavy atom. The zero-order valence-corrected chi connectivity index (χ0v) is 12.8. The fourth-order valence-electron chi connectivity index (χ4n) is 3.56. The Balaban J connectivity index is 1.56. The molecule has 3 atom stereocenters. The summed E-state index contributed by atoms with van der Waals surface area (Å²) in [4.78, 5) is 14.5. The van der Waals surface area contributed by atoms with Crippen molar-refractivity contribution in [3.63, 3.8) is 0 Å². The Hall–Kier alpha value is -0.220. The van der Waals surface area contributed by atoms with Gasteiger partial charge < -0.3 is 10.2 Å². The summed E-state index contributed by atoms with van der Waals surface area (Å²) in [5.41, 5.74) is 0. The largest absolute Gasteiger partial charge is 0.338 e. The van der Waals surface area contributed by atoms with Gasteiger partial charge >= 0.3 is 0 Å². The molecule has 0 bridgehead atoms. The SMILES string of the molecule is CCS[C@@H]1CCCC[C@H]1N[C@@H]1CCN(C2CC2)C1=O. The molecule has 0 aromatic heterocycles. The molecule has 3 nitrogen and oxygen atoms in total. The number of thioether (sulfide) groups is 1. The molecule has 0 radical (unpaired) electrons. The normalized spacial score (nSPS) is 35.9. The second kappa shape index (κ2) is 6.04. The lowest BCUT2D eigenvalue weighted by Gasteiger charge is -2.33. The van der Waals surface area contributed by atoms with Gasteiger partial charge in [-0.2, -0.15) is 11.8 Å². The van der Waals surface area contributed by atoms with Crippen LogP contribution in [0.2, 0.25) is 0 Å². The van der Waals surface area contributed by atoms with Crippen molar-refractivity contribution in [1.82, 2.24) is 10.2 Å². The van der Waals surface area contributed by atoms with E-state index in [2.05, 4.69) is 28.9 Å². The molecule has 19 heavy (non-hydrogen) atoms. The maximum atomic E-state index is 12.4. The van der Waals surface area contributed by atoms with Gasteiger partial charge in [0.25, 0.3) is 0 Å². The van der Waals surface area contributed by atoms with Gasteiger partial charge in [-0.05, 0) is 37.9 Å². The van der Waals surface area contributed by atoms with Crippen LogP contribution in [-0.2, 0) is 4.79 Å². The molecule has 1 aliphatic heterocycles. The quantitative estimate of drug-likeness (QED) is 0.840. The zero-order chi connectivity index (χ0) is 13.2. The van der Waals surface area contributed by atoms with E-state index < -0.39 is 0 Å². The minimum absolute atomic E-state index is 0.114. The van der Waals surface area contributed by atoms with Crippen LogP contribution < -0.4 is 5.32 Å². The Morgan fingerprint density at radius 1 is 1.21 bits per heavy atom. The molecule has 3 aliphatic rings. The third kappa shape index (κ3) is 3.10. The van der Waals surface area contributed by atoms with Crippen molar-refractivity contribution in [2.75, 3.05) is 12.3 Å². The van der Waals surface area contributed by atoms with Crippen molar-refractivity contribution in [3.8, 4) is 0 Å². The van der Waals surface area contributed by atoms with Crippen LogP contribution in [0.4, 0.5) is 0 Å². The summed E-state index contributed by atoms with van der Waals surface area (Å²) in [5, 5.41) is 4.43. The van der Waals surface area contributed by atoms with E-state index in [-0.39, 0.29) is 6.04 Å². The van der Waals surface area contributed by atoms with Crippen LogP contribution in [0.5, 0.6) is 0 Å². The first-order chi connectivity index (χ1) is 9.29. The molecule has 1 amide bonds. The lowest BCUT2D eigenvalue weighted by molar-refractivity contribution is -0.130. The van der Waals surface area contributed by atoms with E-state index >= 15 is 0 Å². The predicted molar refractivity (Wildman–Crippen MR) is 80.5 cm³/mol. The molecule has 1 saturated heterocycles. The van der Waals surface area contributed by atoms with E-state index in [4.69, 9.17) is 0 Å². The third-order valence-electron chi connectivity index (χ3n) is 4.73. The highest BCUT2D eigenvalue weighted by molar-refractivity contribution is 7.99. The van der Waals surface area contributed by atoms with Crippen LogP contribution in [0.15, 0.2) is 0 Å². The molecular formula is C15H26N2OS. The standard InChI is InChI=1S/C15H26N2OS/c1-2-19-14-6-4-3-5-12(14)16-13-9-10-17(15(13)18)11-7-8-11/h11-14,16H,2-10H2,1H3/t12-,13-,14-/m1/s1. The minimum atomic E-state index is 0.114. The van der Waals surface area contributed by atoms with Gasteiger partial charge in [0.15, 0.2) is 0 Å².